The van der Waals surface area contributed by atoms with E-state index in [1.807, 2.05) is 85.1 Å². The molecule has 0 atom stereocenters. The minimum atomic E-state index is -0.0830. The van der Waals surface area contributed by atoms with Gasteiger partial charge in [0.25, 0.3) is 0 Å². The van der Waals surface area contributed by atoms with Crippen molar-refractivity contribution in [1.82, 2.24) is 9.55 Å². The molecular formula is C24H23N3O2. The molecule has 3 aromatic carbocycles. The van der Waals surface area contributed by atoms with Gasteiger partial charge < -0.3 is 14.6 Å². The number of hydrogen-bond acceptors (Lipinski definition) is 3. The molecule has 1 N–H and O–H groups in total. The molecule has 1 heterocycles. The van der Waals surface area contributed by atoms with E-state index >= 15 is 0 Å². The van der Waals surface area contributed by atoms with Crippen LogP contribution in [0.1, 0.15) is 11.1 Å². The number of aryl methyl sites for hydroxylation is 2. The Morgan fingerprint density at radius 2 is 1.66 bits per heavy atom. The number of amides is 1. The summed E-state index contributed by atoms with van der Waals surface area (Å²) in [6.45, 7) is 4.17. The number of nitrogens with zero attached hydrogens (tertiary/aromatic N) is 2. The second kappa shape index (κ2) is 7.80. The Labute approximate surface area is 170 Å². The molecule has 0 saturated carbocycles. The third-order valence-corrected chi connectivity index (χ3v) is 5.05. The zero-order valence-electron chi connectivity index (χ0n) is 16.8. The number of hydrogen-bond donors (Lipinski definition) is 1. The van der Waals surface area contributed by atoms with Crippen molar-refractivity contribution in [3.05, 3.63) is 77.9 Å². The summed E-state index contributed by atoms with van der Waals surface area (Å²) in [6, 6.07) is 21.6. The smallest absolute Gasteiger partial charge is 0.244 e. The highest BCUT2D eigenvalue weighted by atomic mass is 16.5. The van der Waals surface area contributed by atoms with Crippen LogP contribution in [0.5, 0.6) is 5.75 Å². The molecule has 4 rings (SSSR count). The fourth-order valence-corrected chi connectivity index (χ4v) is 3.53. The van der Waals surface area contributed by atoms with Crippen LogP contribution in [0, 0.1) is 13.8 Å². The Bertz CT molecular complexity index is 1160. The number of para-hydroxylation sites is 3. The number of rotatable bonds is 5. The molecule has 0 bridgehead atoms. The van der Waals surface area contributed by atoms with Gasteiger partial charge in [0.05, 0.1) is 18.1 Å². The van der Waals surface area contributed by atoms with E-state index in [2.05, 4.69) is 5.32 Å². The summed E-state index contributed by atoms with van der Waals surface area (Å²) < 4.78 is 7.21. The summed E-state index contributed by atoms with van der Waals surface area (Å²) in [5.74, 6) is 1.45. The molecule has 4 aromatic rings. The molecule has 0 saturated heterocycles. The lowest BCUT2D eigenvalue weighted by Gasteiger charge is -2.13. The lowest BCUT2D eigenvalue weighted by Crippen LogP contribution is -2.20. The van der Waals surface area contributed by atoms with Gasteiger partial charge in [-0.15, -0.1) is 0 Å². The molecule has 29 heavy (non-hydrogen) atoms. The summed E-state index contributed by atoms with van der Waals surface area (Å²) in [7, 11) is 1.64. The van der Waals surface area contributed by atoms with Gasteiger partial charge in [-0.2, -0.15) is 0 Å². The Morgan fingerprint density at radius 3 is 2.34 bits per heavy atom. The van der Waals surface area contributed by atoms with Crippen LogP contribution in [-0.2, 0) is 11.3 Å². The molecule has 0 aliphatic rings. The van der Waals surface area contributed by atoms with Crippen LogP contribution in [0.25, 0.3) is 22.4 Å². The Balaban J connectivity index is 1.71. The maximum Gasteiger partial charge on any atom is 0.244 e. The van der Waals surface area contributed by atoms with E-state index in [-0.39, 0.29) is 12.5 Å². The normalized spacial score (nSPS) is 10.9. The predicted octanol–water partition coefficient (Wildman–Crippen LogP) is 4.97. The predicted molar refractivity (Wildman–Crippen MR) is 116 cm³/mol. The van der Waals surface area contributed by atoms with Crippen molar-refractivity contribution in [1.29, 1.82) is 0 Å². The van der Waals surface area contributed by atoms with E-state index in [4.69, 9.17) is 9.72 Å². The SMILES string of the molecule is COc1ccc(-c2nc3ccccc3n2CC(=O)Nc2c(C)cccc2C)cc1. The third-order valence-electron chi connectivity index (χ3n) is 5.05. The molecular weight excluding hydrogens is 362 g/mol. The molecule has 5 nitrogen and oxygen atoms in total. The molecule has 5 heteroatoms. The third kappa shape index (κ3) is 3.72. The number of imidazole rings is 1. The fraction of sp³-hybridized carbons (Fsp3) is 0.167. The zero-order chi connectivity index (χ0) is 20.4. The number of carbonyl (C=O) groups excluding carboxylic acids is 1. The van der Waals surface area contributed by atoms with Crippen molar-refractivity contribution in [2.45, 2.75) is 20.4 Å². The maximum absolute atomic E-state index is 12.9. The van der Waals surface area contributed by atoms with Gasteiger partial charge in [-0.25, -0.2) is 4.98 Å². The van der Waals surface area contributed by atoms with E-state index in [1.54, 1.807) is 7.11 Å². The van der Waals surface area contributed by atoms with Gasteiger partial charge in [-0.05, 0) is 61.4 Å². The van der Waals surface area contributed by atoms with Crippen molar-refractivity contribution in [3.63, 3.8) is 0 Å². The molecule has 0 spiro atoms. The topological polar surface area (TPSA) is 56.2 Å². The van der Waals surface area contributed by atoms with E-state index < -0.39 is 0 Å². The molecule has 0 fully saturated rings. The lowest BCUT2D eigenvalue weighted by molar-refractivity contribution is -0.116. The van der Waals surface area contributed by atoms with Gasteiger partial charge >= 0.3 is 0 Å². The number of methoxy groups -OCH3 is 1. The number of aromatic nitrogens is 2. The van der Waals surface area contributed by atoms with E-state index in [9.17, 15) is 4.79 Å². The van der Waals surface area contributed by atoms with Crippen molar-refractivity contribution in [3.8, 4) is 17.1 Å². The van der Waals surface area contributed by atoms with E-state index in [0.29, 0.717) is 0 Å². The number of nitrogens with one attached hydrogen (secondary N) is 1. The van der Waals surface area contributed by atoms with Crippen LogP contribution < -0.4 is 10.1 Å². The first-order valence-electron chi connectivity index (χ1n) is 9.52. The van der Waals surface area contributed by atoms with Crippen LogP contribution in [0.4, 0.5) is 5.69 Å². The van der Waals surface area contributed by atoms with E-state index in [0.717, 1.165) is 45.0 Å². The minimum Gasteiger partial charge on any atom is -0.497 e. The molecule has 0 unspecified atom stereocenters. The Morgan fingerprint density at radius 1 is 0.966 bits per heavy atom. The maximum atomic E-state index is 12.9. The molecule has 0 radical (unpaired) electrons. The lowest BCUT2D eigenvalue weighted by atomic mass is 10.1. The average molecular weight is 385 g/mol. The van der Waals surface area contributed by atoms with Crippen LogP contribution >= 0.6 is 0 Å². The van der Waals surface area contributed by atoms with Crippen molar-refractivity contribution < 1.29 is 9.53 Å². The quantitative estimate of drug-likeness (QED) is 0.528. The van der Waals surface area contributed by atoms with Crippen LogP contribution in [0.3, 0.4) is 0 Å². The van der Waals surface area contributed by atoms with Crippen LogP contribution in [-0.4, -0.2) is 22.6 Å². The number of benzene rings is 3. The van der Waals surface area contributed by atoms with Gasteiger partial charge in [-0.3, -0.25) is 4.79 Å². The molecule has 1 amide bonds. The molecule has 146 valence electrons. The number of ether oxygens (including phenoxy) is 1. The highest BCUT2D eigenvalue weighted by molar-refractivity contribution is 5.94. The number of fused-ring (bicyclic) bond motifs is 1. The number of carbonyl (C=O) groups is 1. The second-order valence-electron chi connectivity index (χ2n) is 7.05. The average Bonchev–Trinajstić information content (AvgIpc) is 3.09. The largest absolute Gasteiger partial charge is 0.497 e. The monoisotopic (exact) mass is 385 g/mol. The van der Waals surface area contributed by atoms with E-state index in [1.165, 1.54) is 0 Å². The second-order valence-corrected chi connectivity index (χ2v) is 7.05. The van der Waals surface area contributed by atoms with Crippen molar-refractivity contribution >= 4 is 22.6 Å². The first kappa shape index (κ1) is 18.7. The first-order chi connectivity index (χ1) is 14.1. The summed E-state index contributed by atoms with van der Waals surface area (Å²) >= 11 is 0. The fourth-order valence-electron chi connectivity index (χ4n) is 3.53. The van der Waals surface area contributed by atoms with Crippen molar-refractivity contribution in [2.24, 2.45) is 0 Å². The Kier molecular flexibility index (Phi) is 5.04. The highest BCUT2D eigenvalue weighted by Crippen LogP contribution is 2.27. The van der Waals surface area contributed by atoms with Crippen LogP contribution in [0.15, 0.2) is 66.7 Å². The summed E-state index contributed by atoms with van der Waals surface area (Å²) in [6.07, 6.45) is 0. The molecule has 0 aliphatic carbocycles. The van der Waals surface area contributed by atoms with Crippen molar-refractivity contribution in [2.75, 3.05) is 12.4 Å². The Hall–Kier alpha value is -3.60. The molecule has 0 aliphatic heterocycles. The minimum absolute atomic E-state index is 0.0830. The van der Waals surface area contributed by atoms with Gasteiger partial charge in [0.2, 0.25) is 5.91 Å². The van der Waals surface area contributed by atoms with Gasteiger partial charge in [-0.1, -0.05) is 30.3 Å². The summed E-state index contributed by atoms with van der Waals surface area (Å²) in [5, 5.41) is 3.07. The zero-order valence-corrected chi connectivity index (χ0v) is 16.8. The van der Waals surface area contributed by atoms with Crippen LogP contribution in [0.2, 0.25) is 0 Å². The first-order valence-corrected chi connectivity index (χ1v) is 9.52. The van der Waals surface area contributed by atoms with Gasteiger partial charge in [0.1, 0.15) is 18.1 Å². The van der Waals surface area contributed by atoms with Gasteiger partial charge in [0.15, 0.2) is 0 Å². The number of anilines is 1. The standard InChI is InChI=1S/C24H23N3O2/c1-16-7-6-8-17(2)23(16)26-22(28)15-27-21-10-5-4-9-20(21)25-24(27)18-11-13-19(29-3)14-12-18/h4-14H,15H2,1-3H3,(H,26,28). The molecule has 1 aromatic heterocycles. The summed E-state index contributed by atoms with van der Waals surface area (Å²) in [5.41, 5.74) is 5.68. The summed E-state index contributed by atoms with van der Waals surface area (Å²) in [4.78, 5) is 17.7. The van der Waals surface area contributed by atoms with Gasteiger partial charge in [0, 0.05) is 11.3 Å². The highest BCUT2D eigenvalue weighted by Gasteiger charge is 2.16.